The van der Waals surface area contributed by atoms with Crippen molar-refractivity contribution in [1.82, 2.24) is 19.7 Å². The van der Waals surface area contributed by atoms with Crippen LogP contribution < -0.4 is 5.32 Å². The predicted octanol–water partition coefficient (Wildman–Crippen LogP) is 6.21. The molecule has 1 saturated carbocycles. The lowest BCUT2D eigenvalue weighted by atomic mass is 10.0. The molecule has 3 aromatic rings. The fourth-order valence-corrected chi connectivity index (χ4v) is 4.85. The van der Waals surface area contributed by atoms with E-state index in [1.54, 1.807) is 0 Å². The highest BCUT2D eigenvalue weighted by Crippen LogP contribution is 2.54. The zero-order valence-corrected chi connectivity index (χ0v) is 21.4. The van der Waals surface area contributed by atoms with Crippen LogP contribution in [0.5, 0.6) is 0 Å². The number of nitrogens with zero attached hydrogens (tertiary/aromatic N) is 4. The molecule has 0 bridgehead atoms. The van der Waals surface area contributed by atoms with E-state index in [2.05, 4.69) is 10.4 Å². The Morgan fingerprint density at radius 2 is 1.76 bits per heavy atom. The second-order valence-electron chi connectivity index (χ2n) is 8.43. The van der Waals surface area contributed by atoms with Crippen molar-refractivity contribution in [3.05, 3.63) is 56.5 Å². The third-order valence-electron chi connectivity index (χ3n) is 5.95. The van der Waals surface area contributed by atoms with Crippen LogP contribution in [0, 0.1) is 14.9 Å². The first-order valence-corrected chi connectivity index (χ1v) is 11.8. The molecule has 1 aliphatic carbocycles. The van der Waals surface area contributed by atoms with Crippen molar-refractivity contribution >= 4 is 40.1 Å². The van der Waals surface area contributed by atoms with Gasteiger partial charge >= 0.3 is 18.0 Å². The van der Waals surface area contributed by atoms with E-state index in [4.69, 9.17) is 11.6 Å². The van der Waals surface area contributed by atoms with E-state index < -0.39 is 35.2 Å². The van der Waals surface area contributed by atoms with Gasteiger partial charge in [-0.3, -0.25) is 4.79 Å². The van der Waals surface area contributed by atoms with Gasteiger partial charge in [0.2, 0.25) is 0 Å². The molecule has 37 heavy (non-hydrogen) atoms. The van der Waals surface area contributed by atoms with E-state index in [1.807, 2.05) is 6.07 Å². The third-order valence-corrected chi connectivity index (χ3v) is 7.07. The number of benzene rings is 1. The number of rotatable bonds is 5. The summed E-state index contributed by atoms with van der Waals surface area (Å²) in [5, 5.41) is 15.9. The van der Waals surface area contributed by atoms with Crippen LogP contribution in [-0.2, 0) is 12.7 Å². The molecule has 1 N–H and O–H groups in total. The van der Waals surface area contributed by atoms with E-state index in [9.17, 15) is 40.8 Å². The number of aromatic nitrogens is 3. The molecule has 0 aliphatic heterocycles. The summed E-state index contributed by atoms with van der Waals surface area (Å²) in [7, 11) is 0.869. The zero-order valence-electron chi connectivity index (χ0n) is 18.5. The standard InChI is InChI=1S/C22H14ClF7IN5O/c1-35-16(20(24,21(25,26)27)22(28,29)30)7-15(31)18(35)36-9-12(8-33-36)11-2-3-14(23)13(6-11)17(37)34-19(10-32)4-5-19/h2-3,6-9H,4-5H2,1H3,(H,34,37). The normalized spacial score (nSPS) is 15.4. The average Bonchev–Trinajstić information content (AvgIpc) is 3.28. The number of hydrogen-bond acceptors (Lipinski definition) is 3. The summed E-state index contributed by atoms with van der Waals surface area (Å²) >= 11 is 7.64. The number of nitriles is 1. The topological polar surface area (TPSA) is 75.6 Å². The molecule has 1 aliphatic rings. The zero-order chi connectivity index (χ0) is 27.6. The Hall–Kier alpha value is -2.80. The van der Waals surface area contributed by atoms with Crippen LogP contribution in [0.1, 0.15) is 28.9 Å². The van der Waals surface area contributed by atoms with Crippen LogP contribution in [-0.4, -0.2) is 38.1 Å². The molecular formula is C22H14ClF7IN5O. The number of carbonyl (C=O) groups is 1. The minimum absolute atomic E-state index is 0.0572. The maximum absolute atomic E-state index is 14.7. The molecule has 0 saturated heterocycles. The maximum Gasteiger partial charge on any atom is 0.437 e. The van der Waals surface area contributed by atoms with Gasteiger partial charge in [-0.05, 0) is 59.2 Å². The Kier molecular flexibility index (Phi) is 6.55. The van der Waals surface area contributed by atoms with Gasteiger partial charge in [0.15, 0.2) is 0 Å². The molecule has 6 nitrogen and oxygen atoms in total. The summed E-state index contributed by atoms with van der Waals surface area (Å²) in [5.41, 5.74) is -7.41. The fraction of sp³-hybridized carbons (Fsp3) is 0.318. The first-order valence-electron chi connectivity index (χ1n) is 10.3. The van der Waals surface area contributed by atoms with E-state index >= 15 is 0 Å². The summed E-state index contributed by atoms with van der Waals surface area (Å²) in [6.45, 7) is 0. The van der Waals surface area contributed by atoms with E-state index in [-0.39, 0.29) is 20.0 Å². The Morgan fingerprint density at radius 1 is 1.14 bits per heavy atom. The number of amides is 1. The predicted molar refractivity (Wildman–Crippen MR) is 126 cm³/mol. The van der Waals surface area contributed by atoms with Gasteiger partial charge in [-0.2, -0.15) is 36.7 Å². The lowest BCUT2D eigenvalue weighted by Crippen LogP contribution is -2.51. The molecule has 0 atom stereocenters. The molecule has 2 aromatic heterocycles. The summed E-state index contributed by atoms with van der Waals surface area (Å²) < 4.78 is 95.9. The van der Waals surface area contributed by atoms with Gasteiger partial charge < -0.3 is 9.88 Å². The van der Waals surface area contributed by atoms with Gasteiger partial charge in [0.25, 0.3) is 5.91 Å². The molecule has 2 heterocycles. The molecular weight excluding hydrogens is 646 g/mol. The Bertz CT molecular complexity index is 1420. The van der Waals surface area contributed by atoms with Crippen LogP contribution in [0.4, 0.5) is 30.7 Å². The molecule has 1 fully saturated rings. The number of nitrogens with one attached hydrogen (secondary N) is 1. The highest BCUT2D eigenvalue weighted by atomic mass is 127. The first kappa shape index (κ1) is 27.2. The molecule has 15 heteroatoms. The van der Waals surface area contributed by atoms with Crippen molar-refractivity contribution in [2.24, 2.45) is 7.05 Å². The molecule has 0 radical (unpaired) electrons. The average molecular weight is 660 g/mol. The number of alkyl halides is 7. The number of carbonyl (C=O) groups excluding carboxylic acids is 1. The van der Waals surface area contributed by atoms with Crippen molar-refractivity contribution in [3.8, 4) is 23.0 Å². The summed E-state index contributed by atoms with van der Waals surface area (Å²) in [6, 6.07) is 6.84. The van der Waals surface area contributed by atoms with E-state index in [1.165, 1.54) is 53.2 Å². The molecule has 1 amide bonds. The van der Waals surface area contributed by atoms with Crippen molar-refractivity contribution in [2.45, 2.75) is 36.4 Å². The number of hydrogen-bond donors (Lipinski definition) is 1. The van der Waals surface area contributed by atoms with Crippen LogP contribution in [0.15, 0.2) is 36.7 Å². The fourth-order valence-electron chi connectivity index (χ4n) is 3.74. The Morgan fingerprint density at radius 3 is 2.30 bits per heavy atom. The quantitative estimate of drug-likeness (QED) is 0.262. The molecule has 196 valence electrons. The monoisotopic (exact) mass is 659 g/mol. The Balaban J connectivity index is 1.72. The van der Waals surface area contributed by atoms with E-state index in [0.29, 0.717) is 34.6 Å². The van der Waals surface area contributed by atoms with Crippen LogP contribution >= 0.6 is 34.2 Å². The van der Waals surface area contributed by atoms with Gasteiger partial charge in [-0.15, -0.1) is 0 Å². The molecule has 0 spiro atoms. The summed E-state index contributed by atoms with van der Waals surface area (Å²) in [4.78, 5) is 12.6. The van der Waals surface area contributed by atoms with Crippen LogP contribution in [0.25, 0.3) is 16.9 Å². The van der Waals surface area contributed by atoms with Gasteiger partial charge in [-0.1, -0.05) is 17.7 Å². The first-order chi connectivity index (χ1) is 17.0. The summed E-state index contributed by atoms with van der Waals surface area (Å²) in [5.74, 6) is -0.826. The second-order valence-corrected chi connectivity index (χ2v) is 10.00. The molecule has 1 aromatic carbocycles. The third kappa shape index (κ3) is 4.56. The van der Waals surface area contributed by atoms with Gasteiger partial charge in [-0.25, -0.2) is 9.07 Å². The van der Waals surface area contributed by atoms with Gasteiger partial charge in [0.05, 0.1) is 32.1 Å². The van der Waals surface area contributed by atoms with Gasteiger partial charge in [0, 0.05) is 18.8 Å². The maximum atomic E-state index is 14.7. The minimum Gasteiger partial charge on any atom is -0.334 e. The molecule has 0 unspecified atom stereocenters. The van der Waals surface area contributed by atoms with E-state index in [0.717, 1.165) is 11.7 Å². The largest absolute Gasteiger partial charge is 0.437 e. The minimum atomic E-state index is -6.27. The smallest absolute Gasteiger partial charge is 0.334 e. The number of halogens is 9. The van der Waals surface area contributed by atoms with Crippen molar-refractivity contribution < 1.29 is 35.5 Å². The highest BCUT2D eigenvalue weighted by Gasteiger charge is 2.75. The van der Waals surface area contributed by atoms with Crippen molar-refractivity contribution in [2.75, 3.05) is 0 Å². The second kappa shape index (κ2) is 8.90. The molecule has 4 rings (SSSR count). The lowest BCUT2D eigenvalue weighted by molar-refractivity contribution is -0.350. The van der Waals surface area contributed by atoms with Crippen molar-refractivity contribution in [1.29, 1.82) is 5.26 Å². The van der Waals surface area contributed by atoms with Crippen LogP contribution in [0.3, 0.4) is 0 Å². The Labute approximate surface area is 223 Å². The lowest BCUT2D eigenvalue weighted by Gasteiger charge is -2.30. The summed E-state index contributed by atoms with van der Waals surface area (Å²) in [6.07, 6.45) is -8.97. The van der Waals surface area contributed by atoms with Crippen LogP contribution in [0.2, 0.25) is 5.02 Å². The highest BCUT2D eigenvalue weighted by molar-refractivity contribution is 14.1. The van der Waals surface area contributed by atoms with Gasteiger partial charge in [0.1, 0.15) is 11.4 Å². The van der Waals surface area contributed by atoms with Crippen molar-refractivity contribution in [3.63, 3.8) is 0 Å². The SMILES string of the molecule is Cn1c(C(F)(C(F)(F)F)C(F)(F)F)cc(I)c1-n1cc(-c2ccc(Cl)c(C(=O)NC3(C#N)CC3)c2)cn1.